The van der Waals surface area contributed by atoms with Crippen LogP contribution in [0.4, 0.5) is 5.69 Å². The molecule has 1 aromatic heterocycles. The van der Waals surface area contributed by atoms with Crippen LogP contribution in [0.1, 0.15) is 51.6 Å². The molecule has 7 rings (SSSR count). The summed E-state index contributed by atoms with van der Waals surface area (Å²) >= 11 is 0. The first-order chi connectivity index (χ1) is 19.0. The molecule has 1 aliphatic carbocycles. The number of aromatic nitrogens is 1. The standard InChI is InChI=1S/C33H26N2O4/c1-3-39-25-13-7-6-12-24(25)27-29(19(2)36)35-26(33(27)31(37)22-10-4-5-11-23(22)32(33)38)17-16-21-15-14-20-9-8-18-34-28(20)30(21)35/h4-18,26-27,29H,3H2,1-2H3/t26?,27-,29-/m0/s1. The topological polar surface area (TPSA) is 76.6 Å². The molecule has 3 atom stereocenters. The monoisotopic (exact) mass is 514 g/mol. The summed E-state index contributed by atoms with van der Waals surface area (Å²) < 4.78 is 6.04. The van der Waals surface area contributed by atoms with Gasteiger partial charge in [0, 0.05) is 34.2 Å². The third kappa shape index (κ3) is 2.97. The first-order valence-corrected chi connectivity index (χ1v) is 13.2. The lowest BCUT2D eigenvalue weighted by atomic mass is 9.64. The Balaban J connectivity index is 1.59. The molecular formula is C33H26N2O4. The summed E-state index contributed by atoms with van der Waals surface area (Å²) in [6, 6.07) is 20.9. The number of ketones is 3. The first kappa shape index (κ1) is 23.5. The molecule has 192 valence electrons. The highest BCUT2D eigenvalue weighted by Gasteiger charge is 2.71. The van der Waals surface area contributed by atoms with Crippen molar-refractivity contribution in [2.24, 2.45) is 5.41 Å². The van der Waals surface area contributed by atoms with Gasteiger partial charge in [-0.15, -0.1) is 0 Å². The summed E-state index contributed by atoms with van der Waals surface area (Å²) in [5, 5.41) is 0.923. The molecule has 1 spiro atoms. The molecular weight excluding hydrogens is 488 g/mol. The second-order valence-electron chi connectivity index (χ2n) is 10.4. The molecule has 0 amide bonds. The van der Waals surface area contributed by atoms with Crippen LogP contribution in [0.15, 0.2) is 85.1 Å². The Labute approximate surface area is 225 Å². The maximum Gasteiger partial charge on any atom is 0.180 e. The van der Waals surface area contributed by atoms with Gasteiger partial charge < -0.3 is 9.64 Å². The fourth-order valence-electron chi connectivity index (χ4n) is 7.10. The van der Waals surface area contributed by atoms with Crippen molar-refractivity contribution in [1.82, 2.24) is 4.98 Å². The SMILES string of the molecule is CCOc1ccccc1[C@H]1[C@H](C(C)=O)N2c3c(ccc4cccnc34)C=CC2C12C(=O)c1ccccc1C2=O. The van der Waals surface area contributed by atoms with E-state index in [0.29, 0.717) is 29.0 Å². The Hall–Kier alpha value is -4.58. The van der Waals surface area contributed by atoms with E-state index in [1.807, 2.05) is 72.5 Å². The molecule has 0 N–H and O–H groups in total. The van der Waals surface area contributed by atoms with Crippen molar-refractivity contribution < 1.29 is 19.1 Å². The van der Waals surface area contributed by atoms with Crippen LogP contribution in [0.25, 0.3) is 17.0 Å². The molecule has 0 radical (unpaired) electrons. The van der Waals surface area contributed by atoms with Crippen LogP contribution >= 0.6 is 0 Å². The van der Waals surface area contributed by atoms with Crippen molar-refractivity contribution in [3.05, 3.63) is 107 Å². The van der Waals surface area contributed by atoms with Crippen LogP contribution in [-0.2, 0) is 4.79 Å². The smallest absolute Gasteiger partial charge is 0.180 e. The minimum atomic E-state index is -1.54. The fourth-order valence-corrected chi connectivity index (χ4v) is 7.10. The molecule has 2 aliphatic heterocycles. The maximum absolute atomic E-state index is 14.6. The van der Waals surface area contributed by atoms with Gasteiger partial charge in [-0.05, 0) is 31.5 Å². The van der Waals surface area contributed by atoms with Gasteiger partial charge in [-0.1, -0.05) is 72.8 Å². The van der Waals surface area contributed by atoms with Crippen LogP contribution in [-0.4, -0.2) is 41.0 Å². The van der Waals surface area contributed by atoms with Gasteiger partial charge in [-0.2, -0.15) is 0 Å². The van der Waals surface area contributed by atoms with Crippen molar-refractivity contribution in [3.8, 4) is 5.75 Å². The molecule has 1 saturated heterocycles. The number of hydrogen-bond donors (Lipinski definition) is 0. The number of para-hydroxylation sites is 1. The quantitative estimate of drug-likeness (QED) is 0.327. The van der Waals surface area contributed by atoms with Crippen LogP contribution in [0.5, 0.6) is 5.75 Å². The number of hydrogen-bond acceptors (Lipinski definition) is 6. The molecule has 4 aromatic rings. The maximum atomic E-state index is 14.6. The fraction of sp³-hybridized carbons (Fsp3) is 0.212. The highest BCUT2D eigenvalue weighted by atomic mass is 16.5. The third-order valence-corrected chi connectivity index (χ3v) is 8.51. The lowest BCUT2D eigenvalue weighted by molar-refractivity contribution is -0.118. The number of carbonyl (C=O) groups excluding carboxylic acids is 3. The first-order valence-electron chi connectivity index (χ1n) is 13.2. The van der Waals surface area contributed by atoms with Gasteiger partial charge in [0.05, 0.1) is 29.9 Å². The van der Waals surface area contributed by atoms with Crippen LogP contribution < -0.4 is 9.64 Å². The van der Waals surface area contributed by atoms with E-state index in [2.05, 4.69) is 0 Å². The average Bonchev–Trinajstić information content (AvgIpc) is 3.39. The second kappa shape index (κ2) is 8.46. The van der Waals surface area contributed by atoms with Crippen molar-refractivity contribution in [2.75, 3.05) is 11.5 Å². The Morgan fingerprint density at radius 2 is 1.67 bits per heavy atom. The normalized spacial score (nSPS) is 22.2. The minimum Gasteiger partial charge on any atom is -0.494 e. The Morgan fingerprint density at radius 1 is 0.949 bits per heavy atom. The number of nitrogens with zero attached hydrogens (tertiary/aromatic N) is 2. The van der Waals surface area contributed by atoms with Gasteiger partial charge in [0.25, 0.3) is 0 Å². The largest absolute Gasteiger partial charge is 0.494 e. The van der Waals surface area contributed by atoms with Crippen molar-refractivity contribution in [1.29, 1.82) is 0 Å². The Kier molecular flexibility index (Phi) is 5.11. The predicted molar refractivity (Wildman–Crippen MR) is 149 cm³/mol. The van der Waals surface area contributed by atoms with E-state index >= 15 is 0 Å². The van der Waals surface area contributed by atoms with Gasteiger partial charge in [-0.3, -0.25) is 19.4 Å². The number of carbonyl (C=O) groups is 3. The summed E-state index contributed by atoms with van der Waals surface area (Å²) in [6.45, 7) is 3.85. The molecule has 39 heavy (non-hydrogen) atoms. The summed E-state index contributed by atoms with van der Waals surface area (Å²) in [5.74, 6) is -0.824. The van der Waals surface area contributed by atoms with E-state index < -0.39 is 23.4 Å². The summed E-state index contributed by atoms with van der Waals surface area (Å²) in [5.41, 5.74) is 2.35. The summed E-state index contributed by atoms with van der Waals surface area (Å²) in [6.07, 6.45) is 5.62. The number of anilines is 1. The van der Waals surface area contributed by atoms with E-state index in [-0.39, 0.29) is 17.3 Å². The number of pyridine rings is 1. The molecule has 6 nitrogen and oxygen atoms in total. The zero-order valence-electron chi connectivity index (χ0n) is 21.6. The molecule has 3 aliphatic rings. The molecule has 1 unspecified atom stereocenters. The van der Waals surface area contributed by atoms with Gasteiger partial charge in [0.15, 0.2) is 17.3 Å². The second-order valence-corrected chi connectivity index (χ2v) is 10.4. The van der Waals surface area contributed by atoms with E-state index in [1.165, 1.54) is 0 Å². The van der Waals surface area contributed by atoms with Crippen LogP contribution in [0.3, 0.4) is 0 Å². The van der Waals surface area contributed by atoms with Crippen LogP contribution in [0.2, 0.25) is 0 Å². The molecule has 1 fully saturated rings. The summed E-state index contributed by atoms with van der Waals surface area (Å²) in [4.78, 5) is 49.8. The van der Waals surface area contributed by atoms with E-state index in [4.69, 9.17) is 9.72 Å². The Bertz CT molecular complexity index is 1700. The van der Waals surface area contributed by atoms with Crippen LogP contribution in [0, 0.1) is 5.41 Å². The zero-order valence-corrected chi connectivity index (χ0v) is 21.6. The van der Waals surface area contributed by atoms with Gasteiger partial charge in [-0.25, -0.2) is 0 Å². The Morgan fingerprint density at radius 3 is 2.38 bits per heavy atom. The number of fused-ring (bicyclic) bond motifs is 7. The zero-order chi connectivity index (χ0) is 26.9. The third-order valence-electron chi connectivity index (χ3n) is 8.51. The number of ether oxygens (including phenoxy) is 1. The number of benzene rings is 3. The van der Waals surface area contributed by atoms with Gasteiger partial charge in [0.2, 0.25) is 0 Å². The van der Waals surface area contributed by atoms with E-state index in [1.54, 1.807) is 37.4 Å². The highest BCUT2D eigenvalue weighted by molar-refractivity contribution is 6.32. The summed E-state index contributed by atoms with van der Waals surface area (Å²) in [7, 11) is 0. The molecule has 6 heteroatoms. The lowest BCUT2D eigenvalue weighted by Crippen LogP contribution is -2.48. The van der Waals surface area contributed by atoms with Gasteiger partial charge in [0.1, 0.15) is 11.2 Å². The van der Waals surface area contributed by atoms with Crippen molar-refractivity contribution >= 4 is 40.0 Å². The van der Waals surface area contributed by atoms with Crippen molar-refractivity contribution in [2.45, 2.75) is 31.8 Å². The van der Waals surface area contributed by atoms with E-state index in [0.717, 1.165) is 22.2 Å². The minimum absolute atomic E-state index is 0.126. The molecule has 3 heterocycles. The van der Waals surface area contributed by atoms with E-state index in [9.17, 15) is 14.4 Å². The molecule has 0 saturated carbocycles. The lowest BCUT2D eigenvalue weighted by Gasteiger charge is -2.37. The highest BCUT2D eigenvalue weighted by Crippen LogP contribution is 2.62. The number of rotatable bonds is 4. The number of Topliss-reactive ketones (excluding diaryl/α,β-unsaturated/α-hetero) is 3. The molecule has 0 bridgehead atoms. The average molecular weight is 515 g/mol. The van der Waals surface area contributed by atoms with Crippen molar-refractivity contribution in [3.63, 3.8) is 0 Å². The predicted octanol–water partition coefficient (Wildman–Crippen LogP) is 5.66. The van der Waals surface area contributed by atoms with Gasteiger partial charge >= 0.3 is 0 Å². The molecule has 3 aromatic carbocycles.